The standard InChI is InChI=1S/C29H24N6O5S/c36-27(34-38)18-26(19-8-2-1-3-9-19)35-41(39,40)23-13-7-11-21(17-23)20-10-6-12-22(16-20)30-29(37)33-28-31-24-14-4-5-15-25(24)32-28/h1-17,26,35H,18H2,(H3,30,31,32,33,37). The van der Waals surface area contributed by atoms with Crippen molar-refractivity contribution in [2.75, 3.05) is 10.6 Å². The van der Waals surface area contributed by atoms with E-state index >= 15 is 0 Å². The van der Waals surface area contributed by atoms with Crippen LogP contribution in [0, 0.1) is 4.91 Å². The molecule has 206 valence electrons. The first-order chi connectivity index (χ1) is 19.8. The molecule has 0 fully saturated rings. The smallest absolute Gasteiger partial charge is 0.324 e. The second kappa shape index (κ2) is 11.9. The number of sulfonamides is 1. The average molecular weight is 569 g/mol. The first kappa shape index (κ1) is 27.4. The lowest BCUT2D eigenvalue weighted by Crippen LogP contribution is -2.30. The van der Waals surface area contributed by atoms with Crippen LogP contribution in [0.1, 0.15) is 18.0 Å². The molecule has 5 rings (SSSR count). The molecule has 0 aliphatic rings. The Labute approximate surface area is 235 Å². The quantitative estimate of drug-likeness (QED) is 0.170. The van der Waals surface area contributed by atoms with Gasteiger partial charge in [0.05, 0.1) is 28.4 Å². The van der Waals surface area contributed by atoms with E-state index in [1.54, 1.807) is 66.7 Å². The third-order valence-corrected chi connectivity index (χ3v) is 7.67. The number of imidazole rings is 1. The summed E-state index contributed by atoms with van der Waals surface area (Å²) in [7, 11) is -4.10. The number of carbonyl (C=O) groups excluding carboxylic acids is 2. The van der Waals surface area contributed by atoms with Crippen LogP contribution in [0.5, 0.6) is 0 Å². The molecule has 0 spiro atoms. The molecule has 0 aliphatic carbocycles. The summed E-state index contributed by atoms with van der Waals surface area (Å²) in [6, 6.07) is 27.5. The van der Waals surface area contributed by atoms with Gasteiger partial charge in [-0.15, -0.1) is 4.91 Å². The number of amides is 3. The van der Waals surface area contributed by atoms with Crippen molar-refractivity contribution in [3.8, 4) is 11.1 Å². The van der Waals surface area contributed by atoms with E-state index in [1.807, 2.05) is 24.3 Å². The Morgan fingerprint density at radius 2 is 1.54 bits per heavy atom. The Hall–Kier alpha value is -5.20. The molecule has 4 aromatic carbocycles. The van der Waals surface area contributed by atoms with Gasteiger partial charge in [0.1, 0.15) is 0 Å². The molecule has 0 bridgehead atoms. The number of nitrogens with one attached hydrogen (secondary N) is 4. The third-order valence-electron chi connectivity index (χ3n) is 6.20. The van der Waals surface area contributed by atoms with Crippen LogP contribution in [-0.2, 0) is 14.8 Å². The highest BCUT2D eigenvalue weighted by atomic mass is 32.2. The van der Waals surface area contributed by atoms with Crippen molar-refractivity contribution in [3.63, 3.8) is 0 Å². The number of carbonyl (C=O) groups is 2. The highest BCUT2D eigenvalue weighted by Crippen LogP contribution is 2.27. The van der Waals surface area contributed by atoms with E-state index in [-0.39, 0.29) is 4.90 Å². The number of rotatable bonds is 9. The number of H-pyrrole nitrogens is 1. The molecule has 0 aliphatic heterocycles. The zero-order chi connectivity index (χ0) is 28.8. The number of nitrogens with zero attached hydrogens (tertiary/aromatic N) is 2. The van der Waals surface area contributed by atoms with Gasteiger partial charge < -0.3 is 10.3 Å². The van der Waals surface area contributed by atoms with Gasteiger partial charge in [-0.25, -0.2) is 22.9 Å². The van der Waals surface area contributed by atoms with E-state index in [4.69, 9.17) is 0 Å². The van der Waals surface area contributed by atoms with Crippen molar-refractivity contribution >= 4 is 44.6 Å². The maximum absolute atomic E-state index is 13.3. The fourth-order valence-corrected chi connectivity index (χ4v) is 5.55. The van der Waals surface area contributed by atoms with Crippen LogP contribution < -0.4 is 15.4 Å². The molecule has 4 N–H and O–H groups in total. The number of nitroso groups, excluding NO2 is 1. The summed E-state index contributed by atoms with van der Waals surface area (Å²) in [4.78, 5) is 42.4. The van der Waals surface area contributed by atoms with Crippen molar-refractivity contribution in [2.45, 2.75) is 17.4 Å². The van der Waals surface area contributed by atoms with Crippen molar-refractivity contribution in [1.29, 1.82) is 0 Å². The molecule has 41 heavy (non-hydrogen) atoms. The number of para-hydroxylation sites is 2. The Kier molecular flexibility index (Phi) is 7.94. The van der Waals surface area contributed by atoms with Gasteiger partial charge in [0, 0.05) is 10.9 Å². The monoisotopic (exact) mass is 568 g/mol. The van der Waals surface area contributed by atoms with Crippen LogP contribution in [-0.4, -0.2) is 30.3 Å². The molecule has 0 saturated carbocycles. The number of benzene rings is 4. The van der Waals surface area contributed by atoms with Crippen LogP contribution in [0.3, 0.4) is 0 Å². The van der Waals surface area contributed by atoms with Gasteiger partial charge >= 0.3 is 6.03 Å². The Morgan fingerprint density at radius 3 is 2.29 bits per heavy atom. The summed E-state index contributed by atoms with van der Waals surface area (Å²) >= 11 is 0. The minimum absolute atomic E-state index is 0.0385. The van der Waals surface area contributed by atoms with Gasteiger partial charge in [-0.3, -0.25) is 10.1 Å². The molecule has 11 nitrogen and oxygen atoms in total. The maximum Gasteiger partial charge on any atom is 0.326 e. The van der Waals surface area contributed by atoms with Gasteiger partial charge in [0.2, 0.25) is 16.0 Å². The van der Waals surface area contributed by atoms with E-state index in [0.717, 1.165) is 11.0 Å². The first-order valence-corrected chi connectivity index (χ1v) is 14.0. The van der Waals surface area contributed by atoms with Gasteiger partial charge in [-0.05, 0) is 53.1 Å². The van der Waals surface area contributed by atoms with Crippen molar-refractivity contribution < 1.29 is 18.0 Å². The molecule has 1 heterocycles. The van der Waals surface area contributed by atoms with E-state index in [9.17, 15) is 22.9 Å². The largest absolute Gasteiger partial charge is 0.326 e. The molecular formula is C29H24N6O5S. The maximum atomic E-state index is 13.3. The van der Waals surface area contributed by atoms with Gasteiger partial charge in [0.15, 0.2) is 0 Å². The molecule has 1 unspecified atom stereocenters. The topological polar surface area (TPSA) is 162 Å². The Bertz CT molecular complexity index is 1810. The summed E-state index contributed by atoms with van der Waals surface area (Å²) in [5.41, 5.74) is 3.74. The summed E-state index contributed by atoms with van der Waals surface area (Å²) in [6.07, 6.45) is -0.420. The minimum Gasteiger partial charge on any atom is -0.324 e. The highest BCUT2D eigenvalue weighted by Gasteiger charge is 2.24. The molecule has 5 aromatic rings. The minimum atomic E-state index is -4.10. The van der Waals surface area contributed by atoms with Gasteiger partial charge in [-0.1, -0.05) is 66.7 Å². The SMILES string of the molecule is O=NC(=O)CC(NS(=O)(=O)c1cccc(-c2cccc(NC(=O)Nc3nc4ccccc4[nH]3)c2)c1)c1ccccc1. The molecule has 12 heteroatoms. The number of hydrogen-bond donors (Lipinski definition) is 4. The number of hydrogen-bond acceptors (Lipinski definition) is 6. The van der Waals surface area contributed by atoms with E-state index < -0.39 is 34.4 Å². The second-order valence-corrected chi connectivity index (χ2v) is 10.8. The lowest BCUT2D eigenvalue weighted by Gasteiger charge is -2.18. The number of aromatic nitrogens is 2. The number of aromatic amines is 1. The Morgan fingerprint density at radius 1 is 0.829 bits per heavy atom. The van der Waals surface area contributed by atoms with Crippen LogP contribution in [0.4, 0.5) is 16.4 Å². The van der Waals surface area contributed by atoms with Crippen LogP contribution in [0.2, 0.25) is 0 Å². The molecule has 0 radical (unpaired) electrons. The molecular weight excluding hydrogens is 544 g/mol. The molecule has 1 aromatic heterocycles. The average Bonchev–Trinajstić information content (AvgIpc) is 3.39. The molecule has 0 saturated heterocycles. The van der Waals surface area contributed by atoms with Crippen LogP contribution >= 0.6 is 0 Å². The predicted octanol–water partition coefficient (Wildman–Crippen LogP) is 5.58. The number of anilines is 2. The van der Waals surface area contributed by atoms with Crippen molar-refractivity contribution in [2.24, 2.45) is 5.18 Å². The summed E-state index contributed by atoms with van der Waals surface area (Å²) in [5, 5.41) is 7.82. The molecule has 3 amide bonds. The van der Waals surface area contributed by atoms with Gasteiger partial charge in [-0.2, -0.15) is 0 Å². The normalized spacial score (nSPS) is 12.0. The Balaban J connectivity index is 1.33. The number of fused-ring (bicyclic) bond motifs is 1. The zero-order valence-electron chi connectivity index (χ0n) is 21.4. The number of urea groups is 1. The lowest BCUT2D eigenvalue weighted by molar-refractivity contribution is -0.118. The fourth-order valence-electron chi connectivity index (χ4n) is 4.28. The lowest BCUT2D eigenvalue weighted by atomic mass is 10.0. The summed E-state index contributed by atoms with van der Waals surface area (Å²) in [6.45, 7) is 0. The molecule has 1 atom stereocenters. The highest BCUT2D eigenvalue weighted by molar-refractivity contribution is 7.89. The van der Waals surface area contributed by atoms with Crippen LogP contribution in [0.15, 0.2) is 113 Å². The van der Waals surface area contributed by atoms with Crippen molar-refractivity contribution in [1.82, 2.24) is 14.7 Å². The fraction of sp³-hybridized carbons (Fsp3) is 0.0690. The van der Waals surface area contributed by atoms with Gasteiger partial charge in [0.25, 0.3) is 5.91 Å². The van der Waals surface area contributed by atoms with E-state index in [0.29, 0.717) is 28.3 Å². The van der Waals surface area contributed by atoms with E-state index in [1.165, 1.54) is 12.1 Å². The zero-order valence-corrected chi connectivity index (χ0v) is 22.3. The second-order valence-electron chi connectivity index (χ2n) is 9.06. The summed E-state index contributed by atoms with van der Waals surface area (Å²) < 4.78 is 29.1. The third kappa shape index (κ3) is 6.69. The predicted molar refractivity (Wildman–Crippen MR) is 156 cm³/mol. The van der Waals surface area contributed by atoms with E-state index in [2.05, 4.69) is 30.5 Å². The first-order valence-electron chi connectivity index (χ1n) is 12.5. The van der Waals surface area contributed by atoms with Crippen molar-refractivity contribution in [3.05, 3.63) is 114 Å². The van der Waals surface area contributed by atoms with Crippen LogP contribution in [0.25, 0.3) is 22.2 Å². The summed E-state index contributed by atoms with van der Waals surface area (Å²) in [5.74, 6) is -0.673.